The van der Waals surface area contributed by atoms with Gasteiger partial charge in [-0.15, -0.1) is 11.3 Å². The van der Waals surface area contributed by atoms with E-state index in [0.717, 1.165) is 54.5 Å². The van der Waals surface area contributed by atoms with E-state index >= 15 is 0 Å². The van der Waals surface area contributed by atoms with Gasteiger partial charge in [0.05, 0.1) is 0 Å². The van der Waals surface area contributed by atoms with E-state index in [1.165, 1.54) is 10.4 Å². The molecule has 29 heavy (non-hydrogen) atoms. The number of rotatable bonds is 6. The average molecular weight is 432 g/mol. The fourth-order valence-electron chi connectivity index (χ4n) is 3.81. The predicted molar refractivity (Wildman–Crippen MR) is 117 cm³/mol. The highest BCUT2D eigenvalue weighted by Crippen LogP contribution is 2.29. The van der Waals surface area contributed by atoms with Crippen LogP contribution in [0.4, 0.5) is 5.69 Å². The number of fused-ring (bicyclic) bond motifs is 1. The van der Waals surface area contributed by atoms with Crippen LogP contribution in [-0.2, 0) is 16.6 Å². The highest BCUT2D eigenvalue weighted by Gasteiger charge is 2.31. The molecule has 2 aromatic heterocycles. The first-order valence-corrected chi connectivity index (χ1v) is 12.3. The van der Waals surface area contributed by atoms with E-state index in [2.05, 4.69) is 16.8 Å². The molecule has 1 aromatic carbocycles. The molecule has 3 aromatic rings. The summed E-state index contributed by atoms with van der Waals surface area (Å²) in [4.78, 5) is 13.2. The highest BCUT2D eigenvalue weighted by atomic mass is 32.2. The van der Waals surface area contributed by atoms with Crippen molar-refractivity contribution in [2.24, 2.45) is 0 Å². The van der Waals surface area contributed by atoms with Gasteiger partial charge in [0, 0.05) is 42.4 Å². The van der Waals surface area contributed by atoms with Crippen molar-refractivity contribution in [2.45, 2.75) is 44.0 Å². The summed E-state index contributed by atoms with van der Waals surface area (Å²) in [5.41, 5.74) is 1.78. The molecule has 1 amide bonds. The van der Waals surface area contributed by atoms with Gasteiger partial charge in [-0.05, 0) is 55.0 Å². The molecule has 8 heteroatoms. The number of carbonyl (C=O) groups excluding carboxylic acids is 1. The molecule has 1 fully saturated rings. The molecule has 0 aliphatic carbocycles. The van der Waals surface area contributed by atoms with Crippen LogP contribution >= 0.6 is 11.3 Å². The van der Waals surface area contributed by atoms with Gasteiger partial charge in [-0.3, -0.25) is 4.79 Å². The number of carbonyl (C=O) groups is 1. The molecular weight excluding hydrogens is 406 g/mol. The zero-order valence-corrected chi connectivity index (χ0v) is 18.1. The van der Waals surface area contributed by atoms with Crippen LogP contribution in [-0.4, -0.2) is 36.3 Å². The second-order valence-corrected chi connectivity index (χ2v) is 10.1. The van der Waals surface area contributed by atoms with Crippen molar-refractivity contribution in [1.29, 1.82) is 0 Å². The topological polar surface area (TPSA) is 71.4 Å². The van der Waals surface area contributed by atoms with Crippen molar-refractivity contribution in [2.75, 3.05) is 18.4 Å². The van der Waals surface area contributed by atoms with E-state index in [1.807, 2.05) is 30.5 Å². The highest BCUT2D eigenvalue weighted by molar-refractivity contribution is 7.89. The molecule has 154 valence electrons. The summed E-state index contributed by atoms with van der Waals surface area (Å²) in [6.07, 6.45) is 5.87. The Morgan fingerprint density at radius 1 is 1.14 bits per heavy atom. The van der Waals surface area contributed by atoms with Crippen molar-refractivity contribution < 1.29 is 13.2 Å². The van der Waals surface area contributed by atoms with Crippen LogP contribution in [0.2, 0.25) is 0 Å². The summed E-state index contributed by atoms with van der Waals surface area (Å²) in [6, 6.07) is 9.33. The third kappa shape index (κ3) is 3.97. The maximum Gasteiger partial charge on any atom is 0.267 e. The number of piperidine rings is 1. The summed E-state index contributed by atoms with van der Waals surface area (Å²) < 4.78 is 29.7. The number of hydrogen-bond donors (Lipinski definition) is 1. The van der Waals surface area contributed by atoms with Crippen LogP contribution in [0.1, 0.15) is 42.3 Å². The van der Waals surface area contributed by atoms with E-state index in [0.29, 0.717) is 18.8 Å². The van der Waals surface area contributed by atoms with Gasteiger partial charge in [-0.1, -0.05) is 13.3 Å². The molecule has 0 unspecified atom stereocenters. The van der Waals surface area contributed by atoms with Crippen molar-refractivity contribution in [3.8, 4) is 0 Å². The Balaban J connectivity index is 1.57. The van der Waals surface area contributed by atoms with Crippen molar-refractivity contribution >= 4 is 43.9 Å². The molecular formula is C21H25N3O3S2. The van der Waals surface area contributed by atoms with E-state index in [-0.39, 0.29) is 15.7 Å². The van der Waals surface area contributed by atoms with Gasteiger partial charge in [-0.2, -0.15) is 4.31 Å². The maximum absolute atomic E-state index is 13.0. The molecule has 6 nitrogen and oxygen atoms in total. The largest absolute Gasteiger partial charge is 0.347 e. The van der Waals surface area contributed by atoms with Crippen molar-refractivity contribution in [3.63, 3.8) is 0 Å². The summed E-state index contributed by atoms with van der Waals surface area (Å²) in [5, 5.41) is 5.58. The van der Waals surface area contributed by atoms with Gasteiger partial charge in [0.2, 0.25) is 10.0 Å². The number of sulfonamides is 1. The van der Waals surface area contributed by atoms with Gasteiger partial charge in [0.15, 0.2) is 0 Å². The number of anilines is 1. The van der Waals surface area contributed by atoms with Crippen LogP contribution in [0.5, 0.6) is 0 Å². The molecule has 1 saturated heterocycles. The van der Waals surface area contributed by atoms with Gasteiger partial charge < -0.3 is 9.88 Å². The molecule has 4 rings (SSSR count). The molecule has 3 heterocycles. The van der Waals surface area contributed by atoms with E-state index < -0.39 is 10.0 Å². The maximum atomic E-state index is 13.0. The second-order valence-electron chi connectivity index (χ2n) is 7.32. The Hall–Kier alpha value is -2.16. The Morgan fingerprint density at radius 2 is 1.93 bits per heavy atom. The lowest BCUT2D eigenvalue weighted by atomic mass is 10.2. The van der Waals surface area contributed by atoms with E-state index in [9.17, 15) is 13.2 Å². The fourth-order valence-corrected chi connectivity index (χ4v) is 6.63. The van der Waals surface area contributed by atoms with Gasteiger partial charge in [0.25, 0.3) is 5.91 Å². The second kappa shape index (κ2) is 8.30. The first-order valence-electron chi connectivity index (χ1n) is 9.98. The van der Waals surface area contributed by atoms with Crippen molar-refractivity contribution in [3.05, 3.63) is 46.8 Å². The van der Waals surface area contributed by atoms with Gasteiger partial charge in [0.1, 0.15) is 9.77 Å². The molecule has 1 aliphatic heterocycles. The third-order valence-electron chi connectivity index (χ3n) is 5.26. The number of hydrogen-bond acceptors (Lipinski definition) is 4. The molecule has 0 spiro atoms. The third-order valence-corrected chi connectivity index (χ3v) is 8.24. The quantitative estimate of drug-likeness (QED) is 0.623. The average Bonchev–Trinajstić information content (AvgIpc) is 3.37. The monoisotopic (exact) mass is 431 g/mol. The first-order chi connectivity index (χ1) is 14.0. The summed E-state index contributed by atoms with van der Waals surface area (Å²) in [6.45, 7) is 4.12. The van der Waals surface area contributed by atoms with Crippen LogP contribution < -0.4 is 5.32 Å². The molecule has 0 saturated carbocycles. The van der Waals surface area contributed by atoms with Gasteiger partial charge in [-0.25, -0.2) is 8.42 Å². The number of nitrogens with one attached hydrogen (secondary N) is 1. The van der Waals surface area contributed by atoms with Crippen molar-refractivity contribution in [1.82, 2.24) is 8.87 Å². The minimum absolute atomic E-state index is 0.108. The van der Waals surface area contributed by atoms with Crippen LogP contribution in [0.25, 0.3) is 10.9 Å². The Labute approximate surface area is 175 Å². The first kappa shape index (κ1) is 20.1. The number of amides is 1. The number of nitrogens with zero attached hydrogens (tertiary/aromatic N) is 2. The molecule has 0 radical (unpaired) electrons. The molecule has 1 N–H and O–H groups in total. The number of benzene rings is 1. The van der Waals surface area contributed by atoms with Gasteiger partial charge >= 0.3 is 0 Å². The number of aromatic nitrogens is 1. The van der Waals surface area contributed by atoms with E-state index in [4.69, 9.17) is 0 Å². The zero-order chi connectivity index (χ0) is 20.4. The summed E-state index contributed by atoms with van der Waals surface area (Å²) in [5.74, 6) is -0.386. The summed E-state index contributed by atoms with van der Waals surface area (Å²) >= 11 is 1.16. The number of aryl methyl sites for hydroxylation is 1. The molecule has 0 atom stereocenters. The molecule has 0 bridgehead atoms. The minimum atomic E-state index is -3.64. The van der Waals surface area contributed by atoms with Crippen LogP contribution in [0, 0.1) is 0 Å². The van der Waals surface area contributed by atoms with Crippen LogP contribution in [0.15, 0.2) is 46.8 Å². The summed E-state index contributed by atoms with van der Waals surface area (Å²) in [7, 11) is -3.64. The Bertz CT molecular complexity index is 1130. The zero-order valence-electron chi connectivity index (χ0n) is 16.4. The lowest BCUT2D eigenvalue weighted by molar-refractivity contribution is 0.102. The Morgan fingerprint density at radius 3 is 2.69 bits per heavy atom. The SMILES string of the molecule is CCCn1ccc2cc(NC(=O)c3sccc3S(=O)(=O)N3CCCCC3)ccc21. The number of thiophene rings is 1. The normalized spacial score (nSPS) is 15.6. The lowest BCUT2D eigenvalue weighted by Crippen LogP contribution is -2.36. The predicted octanol–water partition coefficient (Wildman–Crippen LogP) is 4.54. The smallest absolute Gasteiger partial charge is 0.267 e. The molecule has 1 aliphatic rings. The van der Waals surface area contributed by atoms with E-state index in [1.54, 1.807) is 5.38 Å². The fraction of sp³-hybridized carbons (Fsp3) is 0.381. The Kier molecular flexibility index (Phi) is 5.76. The minimum Gasteiger partial charge on any atom is -0.347 e. The lowest BCUT2D eigenvalue weighted by Gasteiger charge is -2.25. The standard InChI is InChI=1S/C21H25N3O3S2/c1-2-10-23-13-8-16-15-17(6-7-18(16)23)22-21(25)20-19(9-14-28-20)29(26,27)24-11-4-3-5-12-24/h6-9,13-15H,2-5,10-12H2,1H3,(H,22,25). The van der Waals surface area contributed by atoms with Crippen LogP contribution in [0.3, 0.4) is 0 Å².